The van der Waals surface area contributed by atoms with E-state index in [1.165, 1.54) is 12.1 Å². The smallest absolute Gasteiger partial charge is 0.478 e. The topological polar surface area (TPSA) is 66.8 Å². The first-order valence-corrected chi connectivity index (χ1v) is 4.46. The number of fused-ring (bicyclic) bond motifs is 1. The van der Waals surface area contributed by atoms with Crippen molar-refractivity contribution in [3.63, 3.8) is 0 Å². The third kappa shape index (κ3) is 1.46. The number of rotatable bonds is 2. The summed E-state index contributed by atoms with van der Waals surface area (Å²) in [5.41, 5.74) is 1.89. The molecule has 2 rings (SSSR count). The van der Waals surface area contributed by atoms with E-state index in [2.05, 4.69) is 6.58 Å². The molecule has 0 unspecified atom stereocenters. The summed E-state index contributed by atoms with van der Waals surface area (Å²) in [4.78, 5) is 10.9. The van der Waals surface area contributed by atoms with Crippen molar-refractivity contribution in [2.75, 3.05) is 0 Å². The summed E-state index contributed by atoms with van der Waals surface area (Å²) in [5, 5.41) is 18.5. The summed E-state index contributed by atoms with van der Waals surface area (Å²) < 4.78 is 5.02. The molecule has 0 saturated carbocycles. The van der Waals surface area contributed by atoms with Crippen molar-refractivity contribution < 1.29 is 19.6 Å². The SMILES string of the molecule is C=Cc1c(C(=O)O)ccc2c1B(O)OC2. The first kappa shape index (κ1) is 9.95. The highest BCUT2D eigenvalue weighted by Gasteiger charge is 2.31. The maximum Gasteiger partial charge on any atom is 0.492 e. The molecule has 0 radical (unpaired) electrons. The Kier molecular flexibility index (Phi) is 2.34. The van der Waals surface area contributed by atoms with Crippen molar-refractivity contribution in [3.8, 4) is 0 Å². The van der Waals surface area contributed by atoms with Gasteiger partial charge >= 0.3 is 13.1 Å². The molecule has 1 aliphatic heterocycles. The molecule has 1 aromatic rings. The van der Waals surface area contributed by atoms with Gasteiger partial charge in [0.1, 0.15) is 0 Å². The Bertz CT molecular complexity index is 441. The van der Waals surface area contributed by atoms with E-state index in [9.17, 15) is 9.82 Å². The van der Waals surface area contributed by atoms with Crippen LogP contribution in [0.2, 0.25) is 0 Å². The average Bonchev–Trinajstić information content (AvgIpc) is 2.59. The molecule has 0 bridgehead atoms. The Morgan fingerprint density at radius 3 is 2.93 bits per heavy atom. The van der Waals surface area contributed by atoms with Crippen LogP contribution in [0.15, 0.2) is 18.7 Å². The molecule has 0 aromatic heterocycles. The first-order chi connectivity index (χ1) is 7.15. The zero-order valence-corrected chi connectivity index (χ0v) is 7.93. The largest absolute Gasteiger partial charge is 0.492 e. The summed E-state index contributed by atoms with van der Waals surface area (Å²) in [6.45, 7) is 3.86. The fourth-order valence-corrected chi connectivity index (χ4v) is 1.76. The lowest BCUT2D eigenvalue weighted by Crippen LogP contribution is -2.31. The van der Waals surface area contributed by atoms with E-state index < -0.39 is 13.1 Å². The van der Waals surface area contributed by atoms with E-state index in [4.69, 9.17) is 9.76 Å². The maximum absolute atomic E-state index is 10.9. The molecule has 1 aliphatic rings. The van der Waals surface area contributed by atoms with Crippen molar-refractivity contribution in [1.82, 2.24) is 0 Å². The minimum atomic E-state index is -1.05. The molecular weight excluding hydrogens is 195 g/mol. The lowest BCUT2D eigenvalue weighted by Gasteiger charge is -2.07. The Morgan fingerprint density at radius 1 is 1.60 bits per heavy atom. The Morgan fingerprint density at radius 2 is 2.33 bits per heavy atom. The van der Waals surface area contributed by atoms with Crippen molar-refractivity contribution in [1.29, 1.82) is 0 Å². The fourth-order valence-electron chi connectivity index (χ4n) is 1.76. The molecule has 0 saturated heterocycles. The molecule has 0 spiro atoms. The Hall–Kier alpha value is -1.59. The van der Waals surface area contributed by atoms with Crippen LogP contribution < -0.4 is 5.46 Å². The van der Waals surface area contributed by atoms with Crippen LogP contribution in [0.5, 0.6) is 0 Å². The number of hydrogen-bond donors (Lipinski definition) is 2. The minimum absolute atomic E-state index is 0.133. The van der Waals surface area contributed by atoms with Crippen LogP contribution in [0.25, 0.3) is 6.08 Å². The summed E-state index contributed by atoms with van der Waals surface area (Å²) in [6, 6.07) is 3.15. The van der Waals surface area contributed by atoms with E-state index in [0.717, 1.165) is 5.56 Å². The second kappa shape index (κ2) is 3.53. The van der Waals surface area contributed by atoms with Gasteiger partial charge in [0.25, 0.3) is 0 Å². The standard InChI is InChI=1S/C10H9BO4/c1-2-7-8(10(12)13)4-3-6-5-15-11(14)9(6)7/h2-4,14H,1,5H2,(H,12,13). The normalized spacial score (nSPS) is 13.8. The highest BCUT2D eigenvalue weighted by atomic mass is 16.5. The highest BCUT2D eigenvalue weighted by molar-refractivity contribution is 6.62. The molecule has 0 aliphatic carbocycles. The molecular formula is C10H9BO4. The predicted molar refractivity (Wildman–Crippen MR) is 55.9 cm³/mol. The zero-order valence-electron chi connectivity index (χ0n) is 7.93. The molecule has 0 amide bonds. The summed E-state index contributed by atoms with van der Waals surface area (Å²) in [6.07, 6.45) is 1.43. The molecule has 15 heavy (non-hydrogen) atoms. The minimum Gasteiger partial charge on any atom is -0.478 e. The van der Waals surface area contributed by atoms with Gasteiger partial charge < -0.3 is 14.8 Å². The Balaban J connectivity index is 2.68. The molecule has 1 aromatic carbocycles. The second-order valence-electron chi connectivity index (χ2n) is 3.27. The highest BCUT2D eigenvalue weighted by Crippen LogP contribution is 2.17. The van der Waals surface area contributed by atoms with Crippen molar-refractivity contribution in [2.24, 2.45) is 0 Å². The number of carboxylic acids is 1. The van der Waals surface area contributed by atoms with Crippen molar-refractivity contribution in [3.05, 3.63) is 35.4 Å². The molecule has 4 nitrogen and oxygen atoms in total. The van der Waals surface area contributed by atoms with E-state index in [1.54, 1.807) is 6.07 Å². The van der Waals surface area contributed by atoms with E-state index in [1.807, 2.05) is 0 Å². The van der Waals surface area contributed by atoms with Crippen LogP contribution in [-0.2, 0) is 11.3 Å². The van der Waals surface area contributed by atoms with Gasteiger partial charge in [0.2, 0.25) is 0 Å². The van der Waals surface area contributed by atoms with Gasteiger partial charge in [0, 0.05) is 0 Å². The predicted octanol–water partition coefficient (Wildman–Crippen LogP) is 0.246. The summed E-state index contributed by atoms with van der Waals surface area (Å²) in [5.74, 6) is -1.04. The quantitative estimate of drug-likeness (QED) is 0.677. The third-order valence-corrected chi connectivity index (χ3v) is 2.46. The van der Waals surface area contributed by atoms with Crippen LogP contribution in [0.4, 0.5) is 0 Å². The van der Waals surface area contributed by atoms with Crippen molar-refractivity contribution >= 4 is 24.6 Å². The van der Waals surface area contributed by atoms with Gasteiger partial charge in [-0.2, -0.15) is 0 Å². The second-order valence-corrected chi connectivity index (χ2v) is 3.27. The number of hydrogen-bond acceptors (Lipinski definition) is 3. The number of benzene rings is 1. The van der Waals surface area contributed by atoms with Crippen LogP contribution in [0.1, 0.15) is 21.5 Å². The fraction of sp³-hybridized carbons (Fsp3) is 0.100. The molecule has 0 fully saturated rings. The van der Waals surface area contributed by atoms with Gasteiger partial charge in [-0.05, 0) is 22.7 Å². The number of carbonyl (C=O) groups is 1. The number of aromatic carboxylic acids is 1. The van der Waals surface area contributed by atoms with Gasteiger partial charge in [0.05, 0.1) is 12.2 Å². The maximum atomic E-state index is 10.9. The van der Waals surface area contributed by atoms with Gasteiger partial charge in [-0.15, -0.1) is 0 Å². The van der Waals surface area contributed by atoms with E-state index >= 15 is 0 Å². The molecule has 5 heteroatoms. The van der Waals surface area contributed by atoms with Crippen LogP contribution in [-0.4, -0.2) is 23.2 Å². The third-order valence-electron chi connectivity index (χ3n) is 2.46. The first-order valence-electron chi connectivity index (χ1n) is 4.46. The Labute approximate surface area is 87.0 Å². The molecule has 1 heterocycles. The van der Waals surface area contributed by atoms with Crippen LogP contribution in [0, 0.1) is 0 Å². The monoisotopic (exact) mass is 204 g/mol. The molecule has 76 valence electrons. The lowest BCUT2D eigenvalue weighted by molar-refractivity contribution is 0.0697. The van der Waals surface area contributed by atoms with Gasteiger partial charge in [-0.1, -0.05) is 18.7 Å². The van der Waals surface area contributed by atoms with E-state index in [-0.39, 0.29) is 5.56 Å². The summed E-state index contributed by atoms with van der Waals surface area (Å²) in [7, 11) is -1.05. The zero-order chi connectivity index (χ0) is 11.0. The van der Waals surface area contributed by atoms with E-state index in [0.29, 0.717) is 17.6 Å². The van der Waals surface area contributed by atoms with Gasteiger partial charge in [0.15, 0.2) is 0 Å². The summed E-state index contributed by atoms with van der Waals surface area (Å²) >= 11 is 0. The molecule has 0 atom stereocenters. The van der Waals surface area contributed by atoms with Crippen molar-refractivity contribution in [2.45, 2.75) is 6.61 Å². The van der Waals surface area contributed by atoms with Crippen LogP contribution >= 0.6 is 0 Å². The van der Waals surface area contributed by atoms with Gasteiger partial charge in [-0.25, -0.2) is 4.79 Å². The number of carboxylic acid groups (broad SMARTS) is 1. The van der Waals surface area contributed by atoms with Crippen LogP contribution in [0.3, 0.4) is 0 Å². The van der Waals surface area contributed by atoms with Gasteiger partial charge in [-0.3, -0.25) is 0 Å². The lowest BCUT2D eigenvalue weighted by atomic mass is 9.75. The molecule has 2 N–H and O–H groups in total. The average molecular weight is 204 g/mol.